The Bertz CT molecular complexity index is 1350. The van der Waals surface area contributed by atoms with E-state index in [9.17, 15) is 15.0 Å². The molecule has 0 fully saturated rings. The normalized spacial score (nSPS) is 13.9. The first-order chi connectivity index (χ1) is 32.7. The molecule has 0 aromatic rings. The molecule has 2 unspecified atom stereocenters. The van der Waals surface area contributed by atoms with E-state index in [1.807, 2.05) is 0 Å². The van der Waals surface area contributed by atoms with Gasteiger partial charge in [0, 0.05) is 6.42 Å². The molecule has 4 heteroatoms. The Balaban J connectivity index is 3.66. The Morgan fingerprint density at radius 2 is 0.667 bits per heavy atom. The number of aliphatic hydroxyl groups is 2. The van der Waals surface area contributed by atoms with Gasteiger partial charge in [-0.3, -0.25) is 4.79 Å². The zero-order valence-electron chi connectivity index (χ0n) is 42.9. The third-order valence-corrected chi connectivity index (χ3v) is 11.7. The maximum atomic E-state index is 12.5. The van der Waals surface area contributed by atoms with Crippen LogP contribution in [0.5, 0.6) is 0 Å². The number of amides is 1. The van der Waals surface area contributed by atoms with Crippen LogP contribution in [0, 0.1) is 0 Å². The first kappa shape index (κ1) is 62.5. The summed E-state index contributed by atoms with van der Waals surface area (Å²) in [6, 6.07) is -0.556. The molecule has 0 bridgehead atoms. The summed E-state index contributed by atoms with van der Waals surface area (Å²) in [5.74, 6) is -0.0553. The lowest BCUT2D eigenvalue weighted by Gasteiger charge is -2.22. The van der Waals surface area contributed by atoms with E-state index in [0.29, 0.717) is 12.8 Å². The lowest BCUT2D eigenvalue weighted by Crippen LogP contribution is -2.45. The van der Waals surface area contributed by atoms with Crippen molar-refractivity contribution in [3.05, 3.63) is 134 Å². The molecule has 0 aromatic carbocycles. The van der Waals surface area contributed by atoms with Crippen molar-refractivity contribution in [1.29, 1.82) is 0 Å². The van der Waals surface area contributed by atoms with Gasteiger partial charge in [0.1, 0.15) is 0 Å². The highest BCUT2D eigenvalue weighted by molar-refractivity contribution is 5.76. The van der Waals surface area contributed by atoms with Crippen molar-refractivity contribution in [2.75, 3.05) is 6.61 Å². The van der Waals surface area contributed by atoms with Gasteiger partial charge in [-0.1, -0.05) is 263 Å². The number of unbranched alkanes of at least 4 members (excludes halogenated alkanes) is 19. The predicted molar refractivity (Wildman–Crippen MR) is 294 cm³/mol. The van der Waals surface area contributed by atoms with E-state index in [0.717, 1.165) is 109 Å². The van der Waals surface area contributed by atoms with Crippen LogP contribution in [0.2, 0.25) is 0 Å². The molecule has 0 aromatic heterocycles. The fourth-order valence-electron chi connectivity index (χ4n) is 7.54. The average Bonchev–Trinajstić information content (AvgIpc) is 3.32. The number of rotatable bonds is 48. The Morgan fingerprint density at radius 1 is 0.379 bits per heavy atom. The van der Waals surface area contributed by atoms with E-state index in [-0.39, 0.29) is 12.5 Å². The van der Waals surface area contributed by atoms with Gasteiger partial charge < -0.3 is 15.5 Å². The van der Waals surface area contributed by atoms with Crippen LogP contribution in [0.25, 0.3) is 0 Å². The second-order valence-electron chi connectivity index (χ2n) is 17.9. The lowest BCUT2D eigenvalue weighted by molar-refractivity contribution is -0.123. The molecular formula is C62H103NO3. The molecule has 66 heavy (non-hydrogen) atoms. The molecule has 0 rings (SSSR count). The molecule has 4 nitrogen and oxygen atoms in total. The minimum atomic E-state index is -0.677. The summed E-state index contributed by atoms with van der Waals surface area (Å²) >= 11 is 0. The van der Waals surface area contributed by atoms with Crippen LogP contribution in [0.4, 0.5) is 0 Å². The highest BCUT2D eigenvalue weighted by Crippen LogP contribution is 2.15. The van der Waals surface area contributed by atoms with E-state index in [4.69, 9.17) is 0 Å². The monoisotopic (exact) mass is 910 g/mol. The topological polar surface area (TPSA) is 69.6 Å². The van der Waals surface area contributed by atoms with E-state index in [2.05, 4.69) is 153 Å². The minimum Gasteiger partial charge on any atom is -0.394 e. The van der Waals surface area contributed by atoms with Crippen molar-refractivity contribution < 1.29 is 15.0 Å². The molecule has 1 amide bonds. The predicted octanol–water partition coefficient (Wildman–Crippen LogP) is 18.2. The third-order valence-electron chi connectivity index (χ3n) is 11.7. The molecule has 374 valence electrons. The van der Waals surface area contributed by atoms with E-state index in [1.54, 1.807) is 0 Å². The standard InChI is InChI=1S/C62H103NO3/c1-3-5-7-9-11-13-15-17-19-20-21-22-23-24-25-26-27-28-29-30-31-32-33-34-35-36-37-38-39-40-41-42-44-46-48-50-52-54-56-58-62(66)63-60(59-64)61(65)57-55-53-51-49-47-45-43-18-16-14-12-10-8-6-4-2/h5,7,11,13,17,19,21-22,24-25,27-28,30-31,33-34,36-37,39-40,42,44,60-61,64-65H,3-4,6,8-10,12,14-16,18,20,23,26,29,32,35,38,41,43,45-59H2,1-2H3,(H,63,66)/b7-5-,13-11-,19-17-,22-21-,25-24-,28-27-,31-30-,34-33-,37-36-,40-39-,44-42-. The number of carbonyl (C=O) groups is 1. The number of carbonyl (C=O) groups excluding carboxylic acids is 1. The quantitative estimate of drug-likeness (QED) is 0.0421. The number of nitrogens with one attached hydrogen (secondary N) is 1. The molecule has 0 spiro atoms. The van der Waals surface area contributed by atoms with Crippen LogP contribution >= 0.6 is 0 Å². The maximum Gasteiger partial charge on any atom is 0.220 e. The van der Waals surface area contributed by atoms with E-state index >= 15 is 0 Å². The summed E-state index contributed by atoms with van der Waals surface area (Å²) in [6.45, 7) is 4.23. The van der Waals surface area contributed by atoms with Gasteiger partial charge in [-0.2, -0.15) is 0 Å². The van der Waals surface area contributed by atoms with Gasteiger partial charge in [0.15, 0.2) is 0 Å². The Labute approximate surface area is 409 Å². The van der Waals surface area contributed by atoms with Crippen LogP contribution in [-0.2, 0) is 4.79 Å². The molecule has 0 saturated carbocycles. The van der Waals surface area contributed by atoms with E-state index < -0.39 is 12.1 Å². The number of hydrogen-bond donors (Lipinski definition) is 3. The van der Waals surface area contributed by atoms with Crippen molar-refractivity contribution in [2.24, 2.45) is 0 Å². The average molecular weight is 911 g/mol. The number of aliphatic hydroxyl groups excluding tert-OH is 2. The van der Waals surface area contributed by atoms with Crippen LogP contribution in [0.3, 0.4) is 0 Å². The summed E-state index contributed by atoms with van der Waals surface area (Å²) < 4.78 is 0. The molecule has 3 N–H and O–H groups in total. The minimum absolute atomic E-state index is 0.0553. The van der Waals surface area contributed by atoms with E-state index in [1.165, 1.54) is 96.3 Å². The molecular weight excluding hydrogens is 807 g/mol. The van der Waals surface area contributed by atoms with Gasteiger partial charge in [0.05, 0.1) is 18.8 Å². The summed E-state index contributed by atoms with van der Waals surface area (Å²) in [7, 11) is 0. The molecule has 0 aliphatic rings. The molecule has 2 atom stereocenters. The van der Waals surface area contributed by atoms with Crippen molar-refractivity contribution in [2.45, 2.75) is 244 Å². The zero-order chi connectivity index (χ0) is 47.7. The van der Waals surface area contributed by atoms with Crippen LogP contribution in [0.1, 0.15) is 232 Å². The molecule has 0 heterocycles. The second-order valence-corrected chi connectivity index (χ2v) is 17.9. The first-order valence-corrected chi connectivity index (χ1v) is 27.4. The maximum absolute atomic E-state index is 12.5. The zero-order valence-corrected chi connectivity index (χ0v) is 42.9. The number of hydrogen-bond acceptors (Lipinski definition) is 3. The Morgan fingerprint density at radius 3 is 1.00 bits per heavy atom. The van der Waals surface area contributed by atoms with Crippen LogP contribution < -0.4 is 5.32 Å². The Kier molecular flexibility index (Phi) is 52.9. The van der Waals surface area contributed by atoms with Gasteiger partial charge in [0.2, 0.25) is 5.91 Å². The second kappa shape index (κ2) is 55.9. The fraction of sp³-hybridized carbons (Fsp3) is 0.629. The van der Waals surface area contributed by atoms with Gasteiger partial charge >= 0.3 is 0 Å². The molecule has 0 aliphatic heterocycles. The highest BCUT2D eigenvalue weighted by Gasteiger charge is 2.20. The third kappa shape index (κ3) is 51.5. The fourth-order valence-corrected chi connectivity index (χ4v) is 7.54. The largest absolute Gasteiger partial charge is 0.394 e. The molecule has 0 saturated heterocycles. The van der Waals surface area contributed by atoms with Gasteiger partial charge in [-0.25, -0.2) is 0 Å². The van der Waals surface area contributed by atoms with Crippen molar-refractivity contribution in [3.63, 3.8) is 0 Å². The summed E-state index contributed by atoms with van der Waals surface area (Å²) in [6.07, 6.45) is 87.0. The van der Waals surface area contributed by atoms with Gasteiger partial charge in [0.25, 0.3) is 0 Å². The molecule has 0 radical (unpaired) electrons. The van der Waals surface area contributed by atoms with Crippen LogP contribution in [0.15, 0.2) is 134 Å². The van der Waals surface area contributed by atoms with Gasteiger partial charge in [-0.15, -0.1) is 0 Å². The summed E-state index contributed by atoms with van der Waals surface area (Å²) in [5.41, 5.74) is 0. The van der Waals surface area contributed by atoms with Crippen LogP contribution in [-0.4, -0.2) is 34.9 Å². The highest BCUT2D eigenvalue weighted by atomic mass is 16.3. The summed E-state index contributed by atoms with van der Waals surface area (Å²) in [4.78, 5) is 12.5. The van der Waals surface area contributed by atoms with Crippen molar-refractivity contribution in [1.82, 2.24) is 5.32 Å². The van der Waals surface area contributed by atoms with Crippen molar-refractivity contribution in [3.8, 4) is 0 Å². The smallest absolute Gasteiger partial charge is 0.220 e. The summed E-state index contributed by atoms with van der Waals surface area (Å²) in [5, 5.41) is 23.2. The first-order valence-electron chi connectivity index (χ1n) is 27.4. The SMILES string of the molecule is CC/C=C\C/C=C\C/C=C\C/C=C\C/C=C\C/C=C\C/C=C\C/C=C\C/C=C\C/C=C\C/C=C\CCCCCCCC(=O)NC(CO)C(O)CCCCCCCCCCCCCCCCC. The van der Waals surface area contributed by atoms with Crippen molar-refractivity contribution >= 4 is 5.91 Å². The lowest BCUT2D eigenvalue weighted by atomic mass is 10.0. The molecule has 0 aliphatic carbocycles. The number of allylic oxidation sites excluding steroid dienone is 22. The Hall–Kier alpha value is -3.47. The van der Waals surface area contributed by atoms with Gasteiger partial charge in [-0.05, 0) is 96.3 Å².